The molecule has 1 nitrogen and oxygen atoms in total. The average molecular weight is 270 g/mol. The van der Waals surface area contributed by atoms with Gasteiger partial charge in [0.25, 0.3) is 0 Å². The van der Waals surface area contributed by atoms with E-state index in [0.717, 1.165) is 17.5 Å². The van der Waals surface area contributed by atoms with Gasteiger partial charge in [0.1, 0.15) is 11.6 Å². The molecule has 0 saturated carbocycles. The number of rotatable bonds is 5. The minimum Gasteiger partial charge on any atom is -0.299 e. The highest BCUT2D eigenvalue weighted by Crippen LogP contribution is 2.13. The molecule has 0 fully saturated rings. The van der Waals surface area contributed by atoms with E-state index in [9.17, 15) is 9.18 Å². The van der Waals surface area contributed by atoms with Crippen molar-refractivity contribution in [3.05, 3.63) is 70.5 Å². The van der Waals surface area contributed by atoms with Crippen LogP contribution in [0, 0.1) is 19.7 Å². The summed E-state index contributed by atoms with van der Waals surface area (Å²) in [5, 5.41) is 0. The van der Waals surface area contributed by atoms with Gasteiger partial charge in [-0.25, -0.2) is 4.39 Å². The molecule has 0 radical (unpaired) electrons. The van der Waals surface area contributed by atoms with E-state index in [4.69, 9.17) is 0 Å². The van der Waals surface area contributed by atoms with Crippen molar-refractivity contribution in [1.82, 2.24) is 0 Å². The molecule has 0 N–H and O–H groups in total. The third-order valence-corrected chi connectivity index (χ3v) is 3.47. The lowest BCUT2D eigenvalue weighted by Gasteiger charge is -2.06. The van der Waals surface area contributed by atoms with E-state index >= 15 is 0 Å². The normalized spacial score (nSPS) is 10.6. The van der Waals surface area contributed by atoms with Gasteiger partial charge in [0.2, 0.25) is 0 Å². The molecule has 0 unspecified atom stereocenters. The zero-order valence-corrected chi connectivity index (χ0v) is 11.9. The summed E-state index contributed by atoms with van der Waals surface area (Å²) in [6, 6.07) is 12.8. The maximum absolute atomic E-state index is 13.0. The zero-order valence-electron chi connectivity index (χ0n) is 11.9. The van der Waals surface area contributed by atoms with Gasteiger partial charge in [-0.2, -0.15) is 0 Å². The third-order valence-electron chi connectivity index (χ3n) is 3.47. The first kappa shape index (κ1) is 14.4. The minimum absolute atomic E-state index is 0.196. The van der Waals surface area contributed by atoms with Crippen molar-refractivity contribution >= 4 is 5.78 Å². The lowest BCUT2D eigenvalue weighted by atomic mass is 9.99. The summed E-state index contributed by atoms with van der Waals surface area (Å²) >= 11 is 0. The Morgan fingerprint density at radius 3 is 2.60 bits per heavy atom. The van der Waals surface area contributed by atoms with Crippen LogP contribution in [0.4, 0.5) is 4.39 Å². The monoisotopic (exact) mass is 270 g/mol. The predicted molar refractivity (Wildman–Crippen MR) is 79.3 cm³/mol. The summed E-state index contributed by atoms with van der Waals surface area (Å²) < 4.78 is 13.0. The molecule has 0 spiro atoms. The van der Waals surface area contributed by atoms with E-state index in [1.807, 2.05) is 32.0 Å². The number of aryl methyl sites for hydroxylation is 3. The van der Waals surface area contributed by atoms with Gasteiger partial charge >= 0.3 is 0 Å². The van der Waals surface area contributed by atoms with Crippen LogP contribution in [0.2, 0.25) is 0 Å². The highest BCUT2D eigenvalue weighted by Gasteiger charge is 2.07. The molecule has 0 amide bonds. The Kier molecular flexibility index (Phi) is 4.67. The Balaban J connectivity index is 1.92. The highest BCUT2D eigenvalue weighted by atomic mass is 19.1. The van der Waals surface area contributed by atoms with E-state index in [0.29, 0.717) is 12.8 Å². The van der Waals surface area contributed by atoms with E-state index < -0.39 is 0 Å². The van der Waals surface area contributed by atoms with Crippen molar-refractivity contribution in [2.75, 3.05) is 0 Å². The van der Waals surface area contributed by atoms with E-state index in [2.05, 4.69) is 6.07 Å². The number of hydrogen-bond acceptors (Lipinski definition) is 1. The third kappa shape index (κ3) is 4.02. The minimum atomic E-state index is -0.251. The second-order valence-corrected chi connectivity index (χ2v) is 5.28. The van der Waals surface area contributed by atoms with E-state index in [-0.39, 0.29) is 11.6 Å². The molecule has 2 aromatic rings. The Morgan fingerprint density at radius 2 is 1.90 bits per heavy atom. The van der Waals surface area contributed by atoms with Crippen LogP contribution in [0.3, 0.4) is 0 Å². The largest absolute Gasteiger partial charge is 0.299 e. The number of benzene rings is 2. The molecule has 0 aromatic heterocycles. The van der Waals surface area contributed by atoms with Crippen LogP contribution in [0.15, 0.2) is 42.5 Å². The molecular formula is C18H19FO. The first-order valence-electron chi connectivity index (χ1n) is 6.87. The fourth-order valence-corrected chi connectivity index (χ4v) is 2.31. The zero-order chi connectivity index (χ0) is 14.5. The van der Waals surface area contributed by atoms with Crippen molar-refractivity contribution < 1.29 is 9.18 Å². The van der Waals surface area contributed by atoms with Gasteiger partial charge in [0.15, 0.2) is 0 Å². The topological polar surface area (TPSA) is 17.1 Å². The molecule has 0 atom stereocenters. The lowest BCUT2D eigenvalue weighted by molar-refractivity contribution is -0.118. The molecule has 0 bridgehead atoms. The Morgan fingerprint density at radius 1 is 1.10 bits per heavy atom. The quantitative estimate of drug-likeness (QED) is 0.796. The summed E-state index contributed by atoms with van der Waals surface area (Å²) in [6.45, 7) is 3.89. The van der Waals surface area contributed by atoms with Gasteiger partial charge < -0.3 is 0 Å². The molecule has 0 aliphatic rings. The molecule has 0 aliphatic heterocycles. The van der Waals surface area contributed by atoms with Crippen molar-refractivity contribution in [2.45, 2.75) is 33.1 Å². The standard InChI is InChI=1S/C18H19FO/c1-13-4-3-5-15(10-13)6-9-18(20)12-16-7-8-17(19)11-14(16)2/h3-5,7-8,10-11H,6,9,12H2,1-2H3. The summed E-state index contributed by atoms with van der Waals surface area (Å²) in [5.41, 5.74) is 4.16. The number of ketones is 1. The van der Waals surface area contributed by atoms with Crippen LogP contribution in [0.25, 0.3) is 0 Å². The molecule has 2 rings (SSSR count). The molecular weight excluding hydrogens is 251 g/mol. The van der Waals surface area contributed by atoms with Crippen LogP contribution in [0.1, 0.15) is 28.7 Å². The predicted octanol–water partition coefficient (Wildman–Crippen LogP) is 4.19. The summed E-state index contributed by atoms with van der Waals surface area (Å²) in [5.74, 6) is -0.0559. The summed E-state index contributed by atoms with van der Waals surface area (Å²) in [4.78, 5) is 12.0. The van der Waals surface area contributed by atoms with Gasteiger partial charge in [-0.05, 0) is 49.1 Å². The molecule has 0 saturated heterocycles. The van der Waals surface area contributed by atoms with Crippen molar-refractivity contribution in [3.63, 3.8) is 0 Å². The smallest absolute Gasteiger partial charge is 0.137 e. The number of halogens is 1. The first-order valence-corrected chi connectivity index (χ1v) is 6.87. The summed E-state index contributed by atoms with van der Waals surface area (Å²) in [6.07, 6.45) is 1.68. The summed E-state index contributed by atoms with van der Waals surface area (Å²) in [7, 11) is 0. The van der Waals surface area contributed by atoms with Gasteiger partial charge in [-0.3, -0.25) is 4.79 Å². The lowest BCUT2D eigenvalue weighted by Crippen LogP contribution is -2.06. The van der Waals surface area contributed by atoms with Crippen molar-refractivity contribution in [3.8, 4) is 0 Å². The maximum atomic E-state index is 13.0. The van der Waals surface area contributed by atoms with Crippen LogP contribution in [-0.2, 0) is 17.6 Å². The number of carbonyl (C=O) groups excluding carboxylic acids is 1. The van der Waals surface area contributed by atoms with Crippen molar-refractivity contribution in [2.24, 2.45) is 0 Å². The molecule has 0 aliphatic carbocycles. The fourth-order valence-electron chi connectivity index (χ4n) is 2.31. The molecule has 0 heterocycles. The van der Waals surface area contributed by atoms with E-state index in [1.165, 1.54) is 23.3 Å². The van der Waals surface area contributed by atoms with Crippen molar-refractivity contribution in [1.29, 1.82) is 0 Å². The Bertz CT molecular complexity index is 617. The molecule has 2 heteroatoms. The SMILES string of the molecule is Cc1cccc(CCC(=O)Cc2ccc(F)cc2C)c1. The van der Waals surface area contributed by atoms with Gasteiger partial charge in [0.05, 0.1) is 0 Å². The molecule has 20 heavy (non-hydrogen) atoms. The second kappa shape index (κ2) is 6.47. The van der Waals surface area contributed by atoms with Gasteiger partial charge in [-0.15, -0.1) is 0 Å². The molecule has 2 aromatic carbocycles. The van der Waals surface area contributed by atoms with Gasteiger partial charge in [0, 0.05) is 12.8 Å². The van der Waals surface area contributed by atoms with Crippen LogP contribution < -0.4 is 0 Å². The number of Topliss-reactive ketones (excluding diaryl/α,β-unsaturated/α-hetero) is 1. The first-order chi connectivity index (χ1) is 9.54. The Hall–Kier alpha value is -1.96. The number of carbonyl (C=O) groups is 1. The van der Waals surface area contributed by atoms with Crippen LogP contribution in [0.5, 0.6) is 0 Å². The maximum Gasteiger partial charge on any atom is 0.137 e. The van der Waals surface area contributed by atoms with Crippen LogP contribution in [-0.4, -0.2) is 5.78 Å². The second-order valence-electron chi connectivity index (χ2n) is 5.28. The average Bonchev–Trinajstić information content (AvgIpc) is 2.40. The Labute approximate surface area is 119 Å². The molecule has 104 valence electrons. The number of hydrogen-bond donors (Lipinski definition) is 0. The highest BCUT2D eigenvalue weighted by molar-refractivity contribution is 5.81. The fraction of sp³-hybridized carbons (Fsp3) is 0.278. The van der Waals surface area contributed by atoms with Gasteiger partial charge in [-0.1, -0.05) is 35.9 Å². The van der Waals surface area contributed by atoms with E-state index in [1.54, 1.807) is 6.07 Å². The van der Waals surface area contributed by atoms with Crippen LogP contribution >= 0.6 is 0 Å².